The third kappa shape index (κ3) is 2.99. The number of benzene rings is 1. The first-order valence-corrected chi connectivity index (χ1v) is 9.48. The van der Waals surface area contributed by atoms with Crippen LogP contribution in [0, 0.1) is 10.5 Å². The van der Waals surface area contributed by atoms with Gasteiger partial charge in [0.1, 0.15) is 4.90 Å². The van der Waals surface area contributed by atoms with Crippen molar-refractivity contribution in [2.24, 2.45) is 0 Å². The maximum atomic E-state index is 12.4. The van der Waals surface area contributed by atoms with Gasteiger partial charge in [0, 0.05) is 19.6 Å². The van der Waals surface area contributed by atoms with Crippen LogP contribution in [0.15, 0.2) is 52.1 Å². The number of aromatic nitrogens is 2. The second-order valence-corrected chi connectivity index (χ2v) is 8.28. The summed E-state index contributed by atoms with van der Waals surface area (Å²) in [5.74, 6) is 0. The highest BCUT2D eigenvalue weighted by Gasteiger charge is 2.19. The van der Waals surface area contributed by atoms with Gasteiger partial charge in [0.25, 0.3) is 0 Å². The van der Waals surface area contributed by atoms with Crippen LogP contribution in [0.5, 0.6) is 0 Å². The number of aryl methyl sites for hydroxylation is 1. The lowest BCUT2D eigenvalue weighted by Crippen LogP contribution is -2.19. The lowest BCUT2D eigenvalue weighted by atomic mass is 10.2. The van der Waals surface area contributed by atoms with E-state index >= 15 is 0 Å². The molecule has 0 saturated heterocycles. The Balaban J connectivity index is 2.04. The Bertz CT molecular complexity index is 952. The molecule has 8 heteroatoms. The molecule has 0 radical (unpaired) electrons. The van der Waals surface area contributed by atoms with E-state index in [1.165, 1.54) is 16.9 Å². The Morgan fingerprint density at radius 1 is 1.27 bits per heavy atom. The molecule has 114 valence electrons. The molecule has 0 aliphatic heterocycles. The summed E-state index contributed by atoms with van der Waals surface area (Å²) in [7, 11) is -3.91. The topological polar surface area (TPSA) is 61.2 Å². The molecule has 1 aromatic carbocycles. The monoisotopic (exact) mass is 492 g/mol. The van der Waals surface area contributed by atoms with Gasteiger partial charge in [-0.1, -0.05) is 17.7 Å². The van der Waals surface area contributed by atoms with Crippen molar-refractivity contribution in [1.29, 1.82) is 0 Å². The zero-order valence-electron chi connectivity index (χ0n) is 11.3. The molecule has 5 nitrogen and oxygen atoms in total. The van der Waals surface area contributed by atoms with Crippen molar-refractivity contribution in [3.05, 3.63) is 56.3 Å². The first kappa shape index (κ1) is 15.8. The van der Waals surface area contributed by atoms with Crippen LogP contribution in [0.4, 0.5) is 0 Å². The maximum Gasteiger partial charge on any atom is 0.357 e. The van der Waals surface area contributed by atoms with Crippen LogP contribution in [-0.4, -0.2) is 18.1 Å². The van der Waals surface area contributed by atoms with E-state index in [2.05, 4.69) is 43.5 Å². The van der Waals surface area contributed by atoms with Gasteiger partial charge in [-0.25, -0.2) is 4.98 Å². The fourth-order valence-corrected chi connectivity index (χ4v) is 3.79. The largest absolute Gasteiger partial charge is 0.357 e. The number of halogens is 2. The molecular weight excluding hydrogens is 483 g/mol. The Labute approximate surface area is 149 Å². The Morgan fingerprint density at radius 3 is 2.64 bits per heavy atom. The maximum absolute atomic E-state index is 12.4. The summed E-state index contributed by atoms with van der Waals surface area (Å²) in [6, 6.07) is 8.35. The molecule has 3 aromatic rings. The van der Waals surface area contributed by atoms with Gasteiger partial charge in [-0.2, -0.15) is 13.1 Å². The standard InChI is InChI=1S/C14H10BrIN2O3S/c1-9-2-4-11(5-3-9)22(19,20)21-18-8-13(16)12-6-10(15)7-17-14(12)18/h2-8H,1H3. The normalized spacial score (nSPS) is 11.8. The Kier molecular flexibility index (Phi) is 4.17. The second-order valence-electron chi connectivity index (χ2n) is 4.67. The van der Waals surface area contributed by atoms with Crippen LogP contribution in [0.1, 0.15) is 5.56 Å². The van der Waals surface area contributed by atoms with Gasteiger partial charge in [0.2, 0.25) is 0 Å². The SMILES string of the molecule is Cc1ccc(S(=O)(=O)On2cc(I)c3cc(Br)cnc32)cc1. The zero-order chi connectivity index (χ0) is 15.9. The van der Waals surface area contributed by atoms with Gasteiger partial charge < -0.3 is 0 Å². The van der Waals surface area contributed by atoms with Crippen LogP contribution < -0.4 is 4.28 Å². The van der Waals surface area contributed by atoms with E-state index in [-0.39, 0.29) is 4.90 Å². The van der Waals surface area contributed by atoms with Crippen molar-refractivity contribution in [2.45, 2.75) is 11.8 Å². The highest BCUT2D eigenvalue weighted by atomic mass is 127. The van der Waals surface area contributed by atoms with Crippen LogP contribution in [-0.2, 0) is 10.1 Å². The minimum atomic E-state index is -3.91. The van der Waals surface area contributed by atoms with Crippen molar-refractivity contribution < 1.29 is 12.7 Å². The average Bonchev–Trinajstić information content (AvgIpc) is 2.74. The summed E-state index contributed by atoms with van der Waals surface area (Å²) in [5.41, 5.74) is 1.43. The molecule has 0 fully saturated rings. The number of rotatable bonds is 3. The quantitative estimate of drug-likeness (QED) is 0.525. The van der Waals surface area contributed by atoms with Crippen molar-refractivity contribution in [3.63, 3.8) is 0 Å². The fourth-order valence-electron chi connectivity index (χ4n) is 1.93. The fraction of sp³-hybridized carbons (Fsp3) is 0.0714. The van der Waals surface area contributed by atoms with Gasteiger partial charge >= 0.3 is 10.1 Å². The molecule has 0 aliphatic rings. The van der Waals surface area contributed by atoms with Gasteiger partial charge in [0.05, 0.1) is 6.20 Å². The summed E-state index contributed by atoms with van der Waals surface area (Å²) in [4.78, 5) is 4.32. The van der Waals surface area contributed by atoms with Crippen molar-refractivity contribution >= 4 is 59.7 Å². The van der Waals surface area contributed by atoms with Crippen molar-refractivity contribution in [2.75, 3.05) is 0 Å². The third-order valence-electron chi connectivity index (χ3n) is 3.02. The van der Waals surface area contributed by atoms with Crippen LogP contribution in [0.3, 0.4) is 0 Å². The second kappa shape index (κ2) is 5.82. The van der Waals surface area contributed by atoms with Gasteiger partial charge in [-0.15, -0.1) is 0 Å². The van der Waals surface area contributed by atoms with E-state index in [0.717, 1.165) is 19.0 Å². The van der Waals surface area contributed by atoms with Crippen LogP contribution >= 0.6 is 38.5 Å². The summed E-state index contributed by atoms with van der Waals surface area (Å²) in [5, 5.41) is 0.814. The van der Waals surface area contributed by atoms with E-state index in [1.54, 1.807) is 24.5 Å². The van der Waals surface area contributed by atoms with Crippen molar-refractivity contribution in [3.8, 4) is 0 Å². The Morgan fingerprint density at radius 2 is 1.95 bits per heavy atom. The van der Waals surface area contributed by atoms with E-state index in [1.807, 2.05) is 13.0 Å². The van der Waals surface area contributed by atoms with E-state index in [4.69, 9.17) is 4.28 Å². The summed E-state index contributed by atoms with van der Waals surface area (Å²) < 4.78 is 32.8. The minimum Gasteiger partial charge on any atom is -0.282 e. The molecule has 0 spiro atoms. The lowest BCUT2D eigenvalue weighted by molar-refractivity contribution is 0.290. The highest BCUT2D eigenvalue weighted by Crippen LogP contribution is 2.24. The molecular formula is C14H10BrIN2O3S. The number of fused-ring (bicyclic) bond motifs is 1. The molecule has 2 aromatic heterocycles. The Hall–Kier alpha value is -1.13. The van der Waals surface area contributed by atoms with Crippen LogP contribution in [0.25, 0.3) is 11.0 Å². The number of pyridine rings is 1. The smallest absolute Gasteiger partial charge is 0.282 e. The van der Waals surface area contributed by atoms with E-state index in [0.29, 0.717) is 5.65 Å². The van der Waals surface area contributed by atoms with Gasteiger partial charge in [0.15, 0.2) is 5.65 Å². The number of nitrogens with zero attached hydrogens (tertiary/aromatic N) is 2. The van der Waals surface area contributed by atoms with Gasteiger partial charge in [-0.05, 0) is 63.6 Å². The van der Waals surface area contributed by atoms with Crippen LogP contribution in [0.2, 0.25) is 0 Å². The van der Waals surface area contributed by atoms with Gasteiger partial charge in [-0.3, -0.25) is 4.28 Å². The average molecular weight is 493 g/mol. The lowest BCUT2D eigenvalue weighted by Gasteiger charge is -2.08. The molecule has 0 atom stereocenters. The van der Waals surface area contributed by atoms with E-state index in [9.17, 15) is 8.42 Å². The summed E-state index contributed by atoms with van der Waals surface area (Å²) >= 11 is 5.46. The molecule has 0 unspecified atom stereocenters. The zero-order valence-corrected chi connectivity index (χ0v) is 15.9. The number of hydrogen-bond donors (Lipinski definition) is 0. The molecule has 0 bridgehead atoms. The molecule has 0 saturated carbocycles. The van der Waals surface area contributed by atoms with E-state index < -0.39 is 10.1 Å². The molecule has 0 amide bonds. The third-order valence-corrected chi connectivity index (χ3v) is 5.52. The number of hydrogen-bond acceptors (Lipinski definition) is 4. The van der Waals surface area contributed by atoms with Crippen molar-refractivity contribution in [1.82, 2.24) is 9.71 Å². The predicted molar refractivity (Wildman–Crippen MR) is 95.1 cm³/mol. The molecule has 3 rings (SSSR count). The first-order valence-electron chi connectivity index (χ1n) is 6.20. The first-order chi connectivity index (χ1) is 10.4. The molecule has 0 N–H and O–H groups in total. The molecule has 0 aliphatic carbocycles. The highest BCUT2D eigenvalue weighted by molar-refractivity contribution is 14.1. The molecule has 2 heterocycles. The minimum absolute atomic E-state index is 0.104. The summed E-state index contributed by atoms with van der Waals surface area (Å²) in [6.07, 6.45) is 3.19. The predicted octanol–water partition coefficient (Wildman–Crippen LogP) is 3.53. The molecule has 22 heavy (non-hydrogen) atoms. The summed E-state index contributed by atoms with van der Waals surface area (Å²) in [6.45, 7) is 1.89.